The molecule has 0 aromatic heterocycles. The first-order valence-electron chi connectivity index (χ1n) is 6.37. The number of carboxylic acids is 1. The van der Waals surface area contributed by atoms with E-state index in [1.165, 1.54) is 17.7 Å². The fourth-order valence-electron chi connectivity index (χ4n) is 2.31. The van der Waals surface area contributed by atoms with Crippen LogP contribution in [0.25, 0.3) is 0 Å². The molecule has 1 aliphatic rings. The fraction of sp³-hybridized carbons (Fsp3) is 0.500. The number of nitrogens with zero attached hydrogens (tertiary/aromatic N) is 1. The van der Waals surface area contributed by atoms with Crippen LogP contribution in [0.3, 0.4) is 0 Å². The number of aryl methyl sites for hydroxylation is 1. The van der Waals surface area contributed by atoms with Crippen molar-refractivity contribution >= 4 is 11.7 Å². The van der Waals surface area contributed by atoms with Gasteiger partial charge in [-0.3, -0.25) is 4.79 Å². The zero-order valence-electron chi connectivity index (χ0n) is 10.9. The fourth-order valence-corrected chi connectivity index (χ4v) is 2.31. The summed E-state index contributed by atoms with van der Waals surface area (Å²) in [6.07, 6.45) is 2.30. The summed E-state index contributed by atoms with van der Waals surface area (Å²) in [5, 5.41) is 11.8. The van der Waals surface area contributed by atoms with E-state index in [0.717, 1.165) is 18.5 Å². The van der Waals surface area contributed by atoms with Gasteiger partial charge in [-0.25, -0.2) is 0 Å². The van der Waals surface area contributed by atoms with Crippen LogP contribution >= 0.6 is 0 Å². The molecule has 0 bridgehead atoms. The molecule has 2 N–H and O–H groups in total. The second-order valence-corrected chi connectivity index (χ2v) is 4.93. The second-order valence-electron chi connectivity index (χ2n) is 4.93. The van der Waals surface area contributed by atoms with Crippen molar-refractivity contribution in [3.8, 4) is 0 Å². The van der Waals surface area contributed by atoms with Gasteiger partial charge in [0.1, 0.15) is 6.04 Å². The first-order chi connectivity index (χ1) is 8.58. The number of aliphatic carboxylic acids is 1. The SMILES string of the molecule is C[C@@H](NCc1ccc2c(c1)CCCN2C)C(=O)O. The molecule has 4 heteroatoms. The van der Waals surface area contributed by atoms with E-state index in [0.29, 0.717) is 6.54 Å². The van der Waals surface area contributed by atoms with E-state index in [4.69, 9.17) is 5.11 Å². The van der Waals surface area contributed by atoms with Crippen molar-refractivity contribution in [2.45, 2.75) is 32.4 Å². The molecule has 2 rings (SSSR count). The van der Waals surface area contributed by atoms with Crippen LogP contribution in [0.4, 0.5) is 5.69 Å². The number of benzene rings is 1. The molecule has 0 spiro atoms. The van der Waals surface area contributed by atoms with E-state index in [9.17, 15) is 4.79 Å². The molecule has 1 aromatic rings. The molecule has 4 nitrogen and oxygen atoms in total. The Morgan fingerprint density at radius 2 is 2.33 bits per heavy atom. The summed E-state index contributed by atoms with van der Waals surface area (Å²) in [6.45, 7) is 3.37. The maximum absolute atomic E-state index is 10.7. The maximum atomic E-state index is 10.7. The number of rotatable bonds is 4. The molecule has 0 saturated carbocycles. The van der Waals surface area contributed by atoms with Crippen LogP contribution < -0.4 is 10.2 Å². The predicted molar refractivity (Wildman–Crippen MR) is 72.0 cm³/mol. The lowest BCUT2D eigenvalue weighted by atomic mass is 9.99. The Kier molecular flexibility index (Phi) is 3.87. The van der Waals surface area contributed by atoms with Gasteiger partial charge in [0.05, 0.1) is 0 Å². The summed E-state index contributed by atoms with van der Waals surface area (Å²) < 4.78 is 0. The number of anilines is 1. The quantitative estimate of drug-likeness (QED) is 0.850. The van der Waals surface area contributed by atoms with Gasteiger partial charge in [0.15, 0.2) is 0 Å². The third-order valence-electron chi connectivity index (χ3n) is 3.48. The zero-order valence-corrected chi connectivity index (χ0v) is 10.9. The average Bonchev–Trinajstić information content (AvgIpc) is 2.36. The number of nitrogens with one attached hydrogen (secondary N) is 1. The van der Waals surface area contributed by atoms with Crippen LogP contribution in [0.2, 0.25) is 0 Å². The first kappa shape index (κ1) is 12.9. The molecule has 0 aliphatic carbocycles. The van der Waals surface area contributed by atoms with Gasteiger partial charge in [0.25, 0.3) is 0 Å². The summed E-state index contributed by atoms with van der Waals surface area (Å²) in [6, 6.07) is 5.88. The van der Waals surface area contributed by atoms with Crippen molar-refractivity contribution in [1.29, 1.82) is 0 Å². The van der Waals surface area contributed by atoms with Crippen molar-refractivity contribution in [3.63, 3.8) is 0 Å². The van der Waals surface area contributed by atoms with Gasteiger partial charge < -0.3 is 15.3 Å². The third kappa shape index (κ3) is 2.82. The summed E-state index contributed by atoms with van der Waals surface area (Å²) >= 11 is 0. The number of carboxylic acid groups (broad SMARTS) is 1. The van der Waals surface area contributed by atoms with Gasteiger partial charge in [-0.1, -0.05) is 12.1 Å². The van der Waals surface area contributed by atoms with E-state index >= 15 is 0 Å². The van der Waals surface area contributed by atoms with Crippen molar-refractivity contribution in [2.24, 2.45) is 0 Å². The van der Waals surface area contributed by atoms with Crippen LogP contribution in [0.15, 0.2) is 18.2 Å². The highest BCUT2D eigenvalue weighted by Gasteiger charge is 2.14. The van der Waals surface area contributed by atoms with Gasteiger partial charge in [-0.15, -0.1) is 0 Å². The van der Waals surface area contributed by atoms with Crippen molar-refractivity contribution in [3.05, 3.63) is 29.3 Å². The zero-order chi connectivity index (χ0) is 13.1. The Morgan fingerprint density at radius 3 is 3.06 bits per heavy atom. The summed E-state index contributed by atoms with van der Waals surface area (Å²) in [5.41, 5.74) is 3.82. The number of hydrogen-bond acceptors (Lipinski definition) is 3. The Hall–Kier alpha value is -1.55. The standard InChI is InChI=1S/C14H20N2O2/c1-10(14(17)18)15-9-11-5-6-13-12(8-11)4-3-7-16(13)2/h5-6,8,10,15H,3-4,7,9H2,1-2H3,(H,17,18)/t10-/m1/s1. The molecule has 0 saturated heterocycles. The number of fused-ring (bicyclic) bond motifs is 1. The molecule has 0 unspecified atom stereocenters. The summed E-state index contributed by atoms with van der Waals surface area (Å²) in [4.78, 5) is 13.0. The molecule has 0 fully saturated rings. The number of hydrogen-bond donors (Lipinski definition) is 2. The van der Waals surface area contributed by atoms with E-state index < -0.39 is 12.0 Å². The van der Waals surface area contributed by atoms with Gasteiger partial charge >= 0.3 is 5.97 Å². The lowest BCUT2D eigenvalue weighted by Gasteiger charge is -2.28. The lowest BCUT2D eigenvalue weighted by Crippen LogP contribution is -2.33. The molecule has 0 amide bonds. The average molecular weight is 248 g/mol. The maximum Gasteiger partial charge on any atom is 0.320 e. The van der Waals surface area contributed by atoms with E-state index in [1.54, 1.807) is 6.92 Å². The summed E-state index contributed by atoms with van der Waals surface area (Å²) in [5.74, 6) is -0.812. The minimum Gasteiger partial charge on any atom is -0.480 e. The second kappa shape index (κ2) is 5.40. The Bertz CT molecular complexity index is 445. The normalized spacial score (nSPS) is 16.2. The molecule has 1 heterocycles. The van der Waals surface area contributed by atoms with Crippen LogP contribution in [0, 0.1) is 0 Å². The minimum absolute atomic E-state index is 0.510. The molecule has 1 aromatic carbocycles. The Labute approximate surface area is 108 Å². The molecule has 0 radical (unpaired) electrons. The molecule has 1 aliphatic heterocycles. The van der Waals surface area contributed by atoms with Crippen molar-refractivity contribution < 1.29 is 9.90 Å². The van der Waals surface area contributed by atoms with Crippen LogP contribution in [-0.4, -0.2) is 30.7 Å². The minimum atomic E-state index is -0.812. The van der Waals surface area contributed by atoms with Crippen LogP contribution in [0.5, 0.6) is 0 Å². The smallest absolute Gasteiger partial charge is 0.320 e. The third-order valence-corrected chi connectivity index (χ3v) is 3.48. The molecule has 1 atom stereocenters. The van der Waals surface area contributed by atoms with E-state index in [1.807, 2.05) is 0 Å². The lowest BCUT2D eigenvalue weighted by molar-refractivity contribution is -0.139. The van der Waals surface area contributed by atoms with Crippen LogP contribution in [0.1, 0.15) is 24.5 Å². The van der Waals surface area contributed by atoms with Crippen molar-refractivity contribution in [2.75, 3.05) is 18.5 Å². The predicted octanol–water partition coefficient (Wildman–Crippen LogP) is 1.63. The van der Waals surface area contributed by atoms with Gasteiger partial charge in [-0.2, -0.15) is 0 Å². The monoisotopic (exact) mass is 248 g/mol. The highest BCUT2D eigenvalue weighted by molar-refractivity contribution is 5.72. The molecule has 18 heavy (non-hydrogen) atoms. The molecular weight excluding hydrogens is 228 g/mol. The Morgan fingerprint density at radius 1 is 1.56 bits per heavy atom. The number of carbonyl (C=O) groups is 1. The first-order valence-corrected chi connectivity index (χ1v) is 6.37. The highest BCUT2D eigenvalue weighted by Crippen LogP contribution is 2.26. The van der Waals surface area contributed by atoms with Gasteiger partial charge in [0.2, 0.25) is 0 Å². The Balaban J connectivity index is 2.05. The van der Waals surface area contributed by atoms with Gasteiger partial charge in [0, 0.05) is 25.8 Å². The topological polar surface area (TPSA) is 52.6 Å². The highest BCUT2D eigenvalue weighted by atomic mass is 16.4. The largest absolute Gasteiger partial charge is 0.480 e. The van der Waals surface area contributed by atoms with E-state index in [-0.39, 0.29) is 0 Å². The van der Waals surface area contributed by atoms with Crippen molar-refractivity contribution in [1.82, 2.24) is 5.32 Å². The molecule has 98 valence electrons. The molecular formula is C14H20N2O2. The van der Waals surface area contributed by atoms with E-state index in [2.05, 4.69) is 35.5 Å². The van der Waals surface area contributed by atoms with Gasteiger partial charge in [-0.05, 0) is 37.0 Å². The van der Waals surface area contributed by atoms with Crippen LogP contribution in [-0.2, 0) is 17.8 Å². The summed E-state index contributed by atoms with van der Waals surface area (Å²) in [7, 11) is 2.11.